The van der Waals surface area contributed by atoms with E-state index < -0.39 is 11.2 Å². The second kappa shape index (κ2) is 9.08. The van der Waals surface area contributed by atoms with Gasteiger partial charge in [-0.15, -0.1) is 0 Å². The second-order valence-corrected chi connectivity index (χ2v) is 8.80. The molecule has 1 saturated heterocycles. The highest BCUT2D eigenvalue weighted by Gasteiger charge is 2.29. The average molecular weight is 448 g/mol. The molecule has 0 bridgehead atoms. The Morgan fingerprint density at radius 3 is 2.70 bits per heavy atom. The topological polar surface area (TPSA) is 115 Å². The number of nitrogens with two attached hydrogens (primary N) is 1. The molecule has 1 unspecified atom stereocenters. The number of fused-ring (bicyclic) bond motifs is 1. The van der Waals surface area contributed by atoms with Crippen molar-refractivity contribution in [1.82, 2.24) is 18.7 Å². The minimum absolute atomic E-state index is 0.00941. The summed E-state index contributed by atoms with van der Waals surface area (Å²) in [7, 11) is 1.61. The van der Waals surface area contributed by atoms with E-state index in [1.165, 1.54) is 9.13 Å². The minimum atomic E-state index is -0.476. The van der Waals surface area contributed by atoms with Gasteiger partial charge in [0.05, 0.1) is 17.8 Å². The summed E-state index contributed by atoms with van der Waals surface area (Å²) in [6.07, 6.45) is 5.47. The van der Waals surface area contributed by atoms with Crippen molar-refractivity contribution < 1.29 is 0 Å². The number of aryl methyl sites for hydroxylation is 1. The van der Waals surface area contributed by atoms with Crippen molar-refractivity contribution >= 4 is 16.9 Å². The molecule has 0 spiro atoms. The zero-order valence-electron chi connectivity index (χ0n) is 19.3. The zero-order valence-corrected chi connectivity index (χ0v) is 19.3. The lowest BCUT2D eigenvalue weighted by molar-refractivity contribution is 0.498. The highest BCUT2D eigenvalue weighted by molar-refractivity contribution is 5.90. The van der Waals surface area contributed by atoms with Crippen LogP contribution in [-0.4, -0.2) is 37.8 Å². The summed E-state index contributed by atoms with van der Waals surface area (Å²) < 4.78 is 4.47. The number of anilines is 1. The van der Waals surface area contributed by atoms with Gasteiger partial charge in [0.25, 0.3) is 5.56 Å². The van der Waals surface area contributed by atoms with E-state index in [0.717, 1.165) is 25.0 Å². The predicted octanol–water partition coefficient (Wildman–Crippen LogP) is 1.71. The molecule has 33 heavy (non-hydrogen) atoms. The molecule has 172 valence electrons. The molecule has 2 N–H and O–H groups in total. The van der Waals surface area contributed by atoms with Crippen LogP contribution in [0.2, 0.25) is 0 Å². The molecular formula is C24H29N7O2. The summed E-state index contributed by atoms with van der Waals surface area (Å²) in [6.45, 7) is 5.78. The minimum Gasteiger partial charge on any atom is -0.355 e. The van der Waals surface area contributed by atoms with Crippen LogP contribution in [0.1, 0.15) is 37.9 Å². The Kier molecular flexibility index (Phi) is 6.20. The maximum absolute atomic E-state index is 13.7. The van der Waals surface area contributed by atoms with E-state index in [0.29, 0.717) is 41.2 Å². The molecule has 1 aliphatic heterocycles. The number of pyridine rings is 1. The third kappa shape index (κ3) is 4.10. The largest absolute Gasteiger partial charge is 0.355 e. The number of nitriles is 1. The lowest BCUT2D eigenvalue weighted by Gasteiger charge is -2.33. The van der Waals surface area contributed by atoms with Gasteiger partial charge in [0.2, 0.25) is 0 Å². The van der Waals surface area contributed by atoms with Gasteiger partial charge in [-0.1, -0.05) is 17.7 Å². The van der Waals surface area contributed by atoms with Gasteiger partial charge < -0.3 is 15.2 Å². The summed E-state index contributed by atoms with van der Waals surface area (Å²) in [5.74, 6) is 0.655. The first kappa shape index (κ1) is 22.6. The second-order valence-electron chi connectivity index (χ2n) is 8.80. The first-order chi connectivity index (χ1) is 15.8. The summed E-state index contributed by atoms with van der Waals surface area (Å²) in [5.41, 5.74) is 8.09. The van der Waals surface area contributed by atoms with Crippen LogP contribution in [0.3, 0.4) is 0 Å². The van der Waals surface area contributed by atoms with Crippen molar-refractivity contribution in [1.29, 1.82) is 5.26 Å². The van der Waals surface area contributed by atoms with Crippen molar-refractivity contribution in [3.8, 4) is 6.07 Å². The van der Waals surface area contributed by atoms with Gasteiger partial charge in [0, 0.05) is 38.9 Å². The van der Waals surface area contributed by atoms with Crippen LogP contribution in [0, 0.1) is 11.3 Å². The molecule has 4 heterocycles. The highest BCUT2D eigenvalue weighted by Crippen LogP contribution is 2.32. The molecular weight excluding hydrogens is 418 g/mol. The molecule has 0 radical (unpaired) electrons. The molecule has 1 fully saturated rings. The quantitative estimate of drug-likeness (QED) is 0.596. The SMILES string of the molecule is CC(C)=CCn1c(N2CCCC(N)C2)c(C#N)c2c1c(=O)n(Cc1ccccn1)c(=O)n2C. The third-order valence-electron chi connectivity index (χ3n) is 6.11. The van der Waals surface area contributed by atoms with Gasteiger partial charge in [-0.2, -0.15) is 5.26 Å². The molecule has 3 aromatic rings. The van der Waals surface area contributed by atoms with E-state index in [4.69, 9.17) is 5.73 Å². The Bertz CT molecular complexity index is 1370. The van der Waals surface area contributed by atoms with Crippen molar-refractivity contribution in [2.45, 2.75) is 45.8 Å². The molecule has 4 rings (SSSR count). The Balaban J connectivity index is 2.04. The number of piperidine rings is 1. The number of hydrogen-bond donors (Lipinski definition) is 1. The van der Waals surface area contributed by atoms with Gasteiger partial charge >= 0.3 is 5.69 Å². The van der Waals surface area contributed by atoms with Gasteiger partial charge in [0.15, 0.2) is 0 Å². The fourth-order valence-corrected chi connectivity index (χ4v) is 4.51. The fourth-order valence-electron chi connectivity index (χ4n) is 4.51. The Morgan fingerprint density at radius 1 is 1.27 bits per heavy atom. The van der Waals surface area contributed by atoms with Crippen molar-refractivity contribution in [2.75, 3.05) is 18.0 Å². The van der Waals surface area contributed by atoms with E-state index in [1.807, 2.05) is 30.6 Å². The smallest absolute Gasteiger partial charge is 0.331 e. The molecule has 1 aliphatic rings. The van der Waals surface area contributed by atoms with E-state index >= 15 is 0 Å². The number of hydrogen-bond acceptors (Lipinski definition) is 6. The Morgan fingerprint density at radius 2 is 2.06 bits per heavy atom. The van der Waals surface area contributed by atoms with Crippen LogP contribution in [0.15, 0.2) is 45.6 Å². The van der Waals surface area contributed by atoms with Crippen molar-refractivity contribution in [2.24, 2.45) is 12.8 Å². The van der Waals surface area contributed by atoms with Crippen LogP contribution < -0.4 is 21.9 Å². The van der Waals surface area contributed by atoms with Gasteiger partial charge in [0.1, 0.15) is 23.0 Å². The number of nitrogens with zero attached hydrogens (tertiary/aromatic N) is 6. The Labute approximate surface area is 192 Å². The van der Waals surface area contributed by atoms with Crippen LogP contribution >= 0.6 is 0 Å². The van der Waals surface area contributed by atoms with E-state index in [9.17, 15) is 14.9 Å². The average Bonchev–Trinajstić information content (AvgIpc) is 3.14. The molecule has 0 amide bonds. The van der Waals surface area contributed by atoms with Crippen LogP contribution in [0.25, 0.3) is 11.0 Å². The summed E-state index contributed by atoms with van der Waals surface area (Å²) in [4.78, 5) is 33.3. The molecule has 9 heteroatoms. The Hall–Kier alpha value is -3.64. The summed E-state index contributed by atoms with van der Waals surface area (Å²) >= 11 is 0. The monoisotopic (exact) mass is 447 g/mol. The standard InChI is InChI=1S/C24H29N7O2/c1-16(2)9-12-30-21-20(19(13-25)22(30)29-11-6-7-17(26)14-29)28(3)24(33)31(23(21)32)15-18-8-4-5-10-27-18/h4-5,8-10,17H,6-7,11-12,14-15,26H2,1-3H3. The summed E-state index contributed by atoms with van der Waals surface area (Å²) in [6, 6.07) is 7.65. The zero-order chi connectivity index (χ0) is 23.7. The predicted molar refractivity (Wildman–Crippen MR) is 128 cm³/mol. The molecule has 3 aromatic heterocycles. The molecule has 0 aliphatic carbocycles. The normalized spacial score (nSPS) is 16.1. The van der Waals surface area contributed by atoms with Crippen molar-refractivity contribution in [3.05, 3.63) is 68.1 Å². The molecule has 9 nitrogen and oxygen atoms in total. The van der Waals surface area contributed by atoms with E-state index in [-0.39, 0.29) is 12.6 Å². The number of rotatable bonds is 5. The van der Waals surface area contributed by atoms with Crippen LogP contribution in [-0.2, 0) is 20.1 Å². The maximum Gasteiger partial charge on any atom is 0.331 e. The molecule has 1 atom stereocenters. The molecule has 0 saturated carbocycles. The van der Waals surface area contributed by atoms with E-state index in [2.05, 4.69) is 16.0 Å². The lowest BCUT2D eigenvalue weighted by atomic mass is 10.1. The first-order valence-corrected chi connectivity index (χ1v) is 11.1. The fraction of sp³-hybridized carbons (Fsp3) is 0.417. The van der Waals surface area contributed by atoms with Crippen molar-refractivity contribution in [3.63, 3.8) is 0 Å². The number of allylic oxidation sites excluding steroid dienone is 2. The van der Waals surface area contributed by atoms with Crippen LogP contribution in [0.5, 0.6) is 0 Å². The summed E-state index contributed by atoms with van der Waals surface area (Å²) in [5, 5.41) is 10.1. The van der Waals surface area contributed by atoms with Gasteiger partial charge in [-0.05, 0) is 38.8 Å². The molecule has 0 aromatic carbocycles. The maximum atomic E-state index is 13.7. The third-order valence-corrected chi connectivity index (χ3v) is 6.11. The lowest BCUT2D eigenvalue weighted by Crippen LogP contribution is -2.44. The first-order valence-electron chi connectivity index (χ1n) is 11.1. The van der Waals surface area contributed by atoms with Gasteiger partial charge in [-0.3, -0.25) is 18.9 Å². The van der Waals surface area contributed by atoms with Crippen LogP contribution in [0.4, 0.5) is 5.82 Å². The highest BCUT2D eigenvalue weighted by atomic mass is 16.2. The number of aromatic nitrogens is 4. The van der Waals surface area contributed by atoms with Gasteiger partial charge in [-0.25, -0.2) is 4.79 Å². The van der Waals surface area contributed by atoms with E-state index in [1.54, 1.807) is 25.4 Å².